The van der Waals surface area contributed by atoms with Crippen molar-refractivity contribution in [3.63, 3.8) is 0 Å². The van der Waals surface area contributed by atoms with Gasteiger partial charge in [-0.1, -0.05) is 6.07 Å². The van der Waals surface area contributed by atoms with Gasteiger partial charge in [-0.3, -0.25) is 0 Å². The summed E-state index contributed by atoms with van der Waals surface area (Å²) in [6.45, 7) is 7.25. The molecule has 1 rings (SSSR count). The molecular weight excluding hydrogens is 224 g/mol. The van der Waals surface area contributed by atoms with E-state index in [9.17, 15) is 0 Å². The first-order chi connectivity index (χ1) is 8.56. The van der Waals surface area contributed by atoms with Gasteiger partial charge in [0.05, 0.1) is 0 Å². The molecule has 0 saturated carbocycles. The van der Waals surface area contributed by atoms with Crippen molar-refractivity contribution < 1.29 is 0 Å². The van der Waals surface area contributed by atoms with Crippen molar-refractivity contribution in [2.75, 3.05) is 38.6 Å². The fraction of sp³-hybridized carbons (Fsp3) is 0.643. The third-order valence-electron chi connectivity index (χ3n) is 3.02. The molecule has 0 aliphatic rings. The molecule has 0 amide bonds. The van der Waals surface area contributed by atoms with Crippen LogP contribution in [0.25, 0.3) is 0 Å². The van der Waals surface area contributed by atoms with E-state index < -0.39 is 0 Å². The van der Waals surface area contributed by atoms with Gasteiger partial charge in [0.1, 0.15) is 5.82 Å². The van der Waals surface area contributed by atoms with Crippen LogP contribution in [0, 0.1) is 0 Å². The molecule has 0 fully saturated rings. The second kappa shape index (κ2) is 7.34. The molecule has 18 heavy (non-hydrogen) atoms. The van der Waals surface area contributed by atoms with Crippen molar-refractivity contribution >= 4 is 5.82 Å². The summed E-state index contributed by atoms with van der Waals surface area (Å²) in [4.78, 5) is 9.02. The zero-order valence-electron chi connectivity index (χ0n) is 12.1. The highest BCUT2D eigenvalue weighted by molar-refractivity contribution is 5.48. The summed E-state index contributed by atoms with van der Waals surface area (Å²) in [7, 11) is 4.20. The van der Waals surface area contributed by atoms with Crippen LogP contribution in [0.1, 0.15) is 31.9 Å². The van der Waals surface area contributed by atoms with Gasteiger partial charge in [0.25, 0.3) is 0 Å². The average Bonchev–Trinajstić information content (AvgIpc) is 2.34. The lowest BCUT2D eigenvalue weighted by molar-refractivity contribution is 0.400. The number of rotatable bonds is 7. The van der Waals surface area contributed by atoms with Crippen LogP contribution >= 0.6 is 0 Å². The summed E-state index contributed by atoms with van der Waals surface area (Å²) >= 11 is 0. The molecule has 0 spiro atoms. The molecule has 1 aromatic rings. The molecule has 0 aliphatic carbocycles. The highest BCUT2D eigenvalue weighted by Gasteiger charge is 2.13. The Balaban J connectivity index is 2.75. The number of aromatic nitrogens is 1. The lowest BCUT2D eigenvalue weighted by atomic mass is 10.1. The molecule has 0 aromatic carbocycles. The van der Waals surface area contributed by atoms with Gasteiger partial charge in [-0.05, 0) is 47.0 Å². The molecule has 2 N–H and O–H groups in total. The van der Waals surface area contributed by atoms with Gasteiger partial charge in [-0.2, -0.15) is 0 Å². The number of hydrogen-bond acceptors (Lipinski definition) is 4. The molecule has 0 aliphatic heterocycles. The van der Waals surface area contributed by atoms with E-state index in [-0.39, 0.29) is 6.04 Å². The topological polar surface area (TPSA) is 45.4 Å². The Kier molecular flexibility index (Phi) is 6.09. The van der Waals surface area contributed by atoms with Crippen molar-refractivity contribution in [1.82, 2.24) is 9.88 Å². The fourth-order valence-corrected chi connectivity index (χ4v) is 2.02. The van der Waals surface area contributed by atoms with E-state index in [1.54, 1.807) is 0 Å². The van der Waals surface area contributed by atoms with Crippen molar-refractivity contribution in [2.24, 2.45) is 5.73 Å². The molecule has 4 heteroatoms. The molecule has 0 unspecified atom stereocenters. The summed E-state index contributed by atoms with van der Waals surface area (Å²) in [5, 5.41) is 0. The Morgan fingerprint density at radius 1 is 1.33 bits per heavy atom. The first kappa shape index (κ1) is 14.9. The maximum Gasteiger partial charge on any atom is 0.133 e. The average molecular weight is 250 g/mol. The lowest BCUT2D eigenvalue weighted by Gasteiger charge is -2.26. The van der Waals surface area contributed by atoms with E-state index in [1.807, 2.05) is 19.2 Å². The predicted molar refractivity (Wildman–Crippen MR) is 77.9 cm³/mol. The fourth-order valence-electron chi connectivity index (χ4n) is 2.02. The van der Waals surface area contributed by atoms with Crippen molar-refractivity contribution in [3.8, 4) is 0 Å². The Morgan fingerprint density at radius 3 is 2.61 bits per heavy atom. The Labute approximate surface area is 111 Å². The maximum absolute atomic E-state index is 6.01. The number of anilines is 1. The molecule has 0 bridgehead atoms. The minimum Gasteiger partial charge on any atom is -0.357 e. The van der Waals surface area contributed by atoms with Crippen LogP contribution in [0.3, 0.4) is 0 Å². The minimum atomic E-state index is 0.0246. The van der Waals surface area contributed by atoms with E-state index in [4.69, 9.17) is 5.73 Å². The Bertz CT molecular complexity index is 349. The summed E-state index contributed by atoms with van der Waals surface area (Å²) in [5.41, 5.74) is 7.14. The standard InChI is InChI=1S/C14H26N4/c1-5-18(11-7-10-17(3)4)14-13(12(2)15)8-6-9-16-14/h6,8-9,12H,5,7,10-11,15H2,1-4H3/t12-/m1/s1. The number of nitrogens with zero attached hydrogens (tertiary/aromatic N) is 3. The molecule has 1 atom stereocenters. The van der Waals surface area contributed by atoms with Gasteiger partial charge in [0.15, 0.2) is 0 Å². The largest absolute Gasteiger partial charge is 0.357 e. The first-order valence-electron chi connectivity index (χ1n) is 6.66. The number of hydrogen-bond donors (Lipinski definition) is 1. The van der Waals surface area contributed by atoms with Gasteiger partial charge in [-0.25, -0.2) is 4.98 Å². The zero-order chi connectivity index (χ0) is 13.5. The van der Waals surface area contributed by atoms with Crippen molar-refractivity contribution in [2.45, 2.75) is 26.3 Å². The molecule has 1 heterocycles. The predicted octanol–water partition coefficient (Wildman–Crippen LogP) is 1.88. The summed E-state index contributed by atoms with van der Waals surface area (Å²) in [5.74, 6) is 1.04. The number of pyridine rings is 1. The van der Waals surface area contributed by atoms with Crippen molar-refractivity contribution in [1.29, 1.82) is 0 Å². The monoisotopic (exact) mass is 250 g/mol. The van der Waals surface area contributed by atoms with Crippen LogP contribution in [0.4, 0.5) is 5.82 Å². The summed E-state index contributed by atoms with van der Waals surface area (Å²) in [6.07, 6.45) is 2.98. The Hall–Kier alpha value is -1.13. The quantitative estimate of drug-likeness (QED) is 0.802. The molecule has 4 nitrogen and oxygen atoms in total. The first-order valence-corrected chi connectivity index (χ1v) is 6.66. The Morgan fingerprint density at radius 2 is 2.06 bits per heavy atom. The van der Waals surface area contributed by atoms with Crippen LogP contribution in [0.2, 0.25) is 0 Å². The van der Waals surface area contributed by atoms with Gasteiger partial charge in [0, 0.05) is 30.9 Å². The van der Waals surface area contributed by atoms with Gasteiger partial charge in [-0.15, -0.1) is 0 Å². The molecular formula is C14H26N4. The lowest BCUT2D eigenvalue weighted by Crippen LogP contribution is -2.29. The van der Waals surface area contributed by atoms with Crippen LogP contribution < -0.4 is 10.6 Å². The maximum atomic E-state index is 6.01. The van der Waals surface area contributed by atoms with Gasteiger partial charge >= 0.3 is 0 Å². The molecule has 0 saturated heterocycles. The van der Waals surface area contributed by atoms with Gasteiger partial charge in [0.2, 0.25) is 0 Å². The normalized spacial score (nSPS) is 12.8. The second-order valence-electron chi connectivity index (χ2n) is 4.94. The van der Waals surface area contributed by atoms with Crippen LogP contribution in [-0.2, 0) is 0 Å². The molecule has 1 aromatic heterocycles. The smallest absolute Gasteiger partial charge is 0.133 e. The molecule has 102 valence electrons. The number of nitrogens with two attached hydrogens (primary N) is 1. The zero-order valence-corrected chi connectivity index (χ0v) is 12.1. The van der Waals surface area contributed by atoms with Crippen molar-refractivity contribution in [3.05, 3.63) is 23.9 Å². The van der Waals surface area contributed by atoms with Crippen LogP contribution in [0.15, 0.2) is 18.3 Å². The van der Waals surface area contributed by atoms with Crippen LogP contribution in [0.5, 0.6) is 0 Å². The van der Waals surface area contributed by atoms with Crippen LogP contribution in [-0.4, -0.2) is 43.6 Å². The van der Waals surface area contributed by atoms with E-state index in [1.165, 1.54) is 0 Å². The SMILES string of the molecule is CCN(CCCN(C)C)c1ncccc1[C@@H](C)N. The third kappa shape index (κ3) is 4.27. The van der Waals surface area contributed by atoms with E-state index in [0.29, 0.717) is 0 Å². The summed E-state index contributed by atoms with van der Waals surface area (Å²) < 4.78 is 0. The third-order valence-corrected chi connectivity index (χ3v) is 3.02. The van der Waals surface area contributed by atoms with Gasteiger partial charge < -0.3 is 15.5 Å². The van der Waals surface area contributed by atoms with E-state index >= 15 is 0 Å². The highest BCUT2D eigenvalue weighted by atomic mass is 15.2. The highest BCUT2D eigenvalue weighted by Crippen LogP contribution is 2.22. The molecule has 0 radical (unpaired) electrons. The summed E-state index contributed by atoms with van der Waals surface area (Å²) in [6, 6.07) is 4.05. The second-order valence-corrected chi connectivity index (χ2v) is 4.94. The minimum absolute atomic E-state index is 0.0246. The van der Waals surface area contributed by atoms with E-state index in [0.717, 1.165) is 37.4 Å². The van der Waals surface area contributed by atoms with E-state index in [2.05, 4.69) is 41.9 Å².